The first-order valence-electron chi connectivity index (χ1n) is 7.71. The van der Waals surface area contributed by atoms with Crippen LogP contribution >= 0.6 is 11.6 Å². The number of nitrogens with zero attached hydrogens (tertiary/aromatic N) is 6. The lowest BCUT2D eigenvalue weighted by atomic mass is 10.1. The van der Waals surface area contributed by atoms with E-state index in [0.29, 0.717) is 28.0 Å². The highest BCUT2D eigenvalue weighted by Crippen LogP contribution is 2.26. The molecule has 0 aliphatic heterocycles. The predicted octanol–water partition coefficient (Wildman–Crippen LogP) is 3.26. The third-order valence-electron chi connectivity index (χ3n) is 3.86. The number of H-pyrrole nitrogens is 1. The molecule has 126 valence electrons. The second-order valence-corrected chi connectivity index (χ2v) is 6.04. The number of fused-ring (bicyclic) bond motifs is 1. The summed E-state index contributed by atoms with van der Waals surface area (Å²) in [6.07, 6.45) is 5.14. The van der Waals surface area contributed by atoms with E-state index in [9.17, 15) is 0 Å². The predicted molar refractivity (Wildman–Crippen MR) is 95.0 cm³/mol. The largest absolute Gasteiger partial charge is 0.322 e. The molecule has 4 heterocycles. The number of hydrogen-bond acceptors (Lipinski definition) is 6. The Morgan fingerprint density at radius 3 is 2.88 bits per heavy atom. The van der Waals surface area contributed by atoms with E-state index in [2.05, 4.69) is 35.6 Å². The first-order valence-corrected chi connectivity index (χ1v) is 8.09. The third kappa shape index (κ3) is 2.91. The van der Waals surface area contributed by atoms with Gasteiger partial charge in [-0.15, -0.1) is 0 Å². The van der Waals surface area contributed by atoms with Gasteiger partial charge >= 0.3 is 0 Å². The summed E-state index contributed by atoms with van der Waals surface area (Å²) in [6.45, 7) is 3.94. The lowest BCUT2D eigenvalue weighted by Gasteiger charge is -2.12. The van der Waals surface area contributed by atoms with Crippen molar-refractivity contribution in [3.05, 3.63) is 53.2 Å². The third-order valence-corrected chi connectivity index (χ3v) is 4.11. The second kappa shape index (κ2) is 6.14. The van der Waals surface area contributed by atoms with Crippen LogP contribution in [-0.2, 0) is 0 Å². The fourth-order valence-corrected chi connectivity index (χ4v) is 2.80. The molecular weight excluding hydrogens is 340 g/mol. The van der Waals surface area contributed by atoms with E-state index in [1.165, 1.54) is 0 Å². The first-order chi connectivity index (χ1) is 12.1. The summed E-state index contributed by atoms with van der Waals surface area (Å²) in [5.41, 5.74) is 3.11. The normalized spacial score (nSPS) is 12.4. The van der Waals surface area contributed by atoms with E-state index >= 15 is 0 Å². The number of aromatic nitrogens is 7. The molecule has 8 nitrogen and oxygen atoms in total. The zero-order chi connectivity index (χ0) is 17.4. The number of anilines is 2. The van der Waals surface area contributed by atoms with Gasteiger partial charge in [0.2, 0.25) is 0 Å². The van der Waals surface area contributed by atoms with Gasteiger partial charge in [0, 0.05) is 24.2 Å². The van der Waals surface area contributed by atoms with Crippen molar-refractivity contribution in [2.24, 2.45) is 0 Å². The molecule has 1 atom stereocenters. The van der Waals surface area contributed by atoms with Gasteiger partial charge in [0.25, 0.3) is 0 Å². The van der Waals surface area contributed by atoms with Gasteiger partial charge in [0.05, 0.1) is 12.2 Å². The molecule has 2 N–H and O–H groups in total. The van der Waals surface area contributed by atoms with Gasteiger partial charge in [-0.05, 0) is 25.5 Å². The molecule has 0 aliphatic rings. The summed E-state index contributed by atoms with van der Waals surface area (Å²) in [7, 11) is 0. The summed E-state index contributed by atoms with van der Waals surface area (Å²) in [5.74, 6) is 1.24. The van der Waals surface area contributed by atoms with Crippen molar-refractivity contribution < 1.29 is 0 Å². The highest BCUT2D eigenvalue weighted by atomic mass is 35.5. The van der Waals surface area contributed by atoms with Gasteiger partial charge in [-0.25, -0.2) is 14.6 Å². The maximum Gasteiger partial charge on any atom is 0.181 e. The summed E-state index contributed by atoms with van der Waals surface area (Å²) in [6, 6.07) is 5.67. The average molecular weight is 355 g/mol. The monoisotopic (exact) mass is 354 g/mol. The Hall–Kier alpha value is -3.00. The molecule has 9 heteroatoms. The topological polar surface area (TPSA) is 97.2 Å². The van der Waals surface area contributed by atoms with E-state index in [-0.39, 0.29) is 6.04 Å². The molecule has 4 aromatic rings. The number of nitrogens with one attached hydrogen (secondary N) is 2. The Bertz CT molecular complexity index is 1020. The molecule has 0 radical (unpaired) electrons. The SMILES string of the molecule is Cc1cc(Nc2cnc3c(Cl)nn([C@@H](C)c4cccnc4)c3n2)n[nH]1. The van der Waals surface area contributed by atoms with Crippen molar-refractivity contribution in [3.8, 4) is 0 Å². The Balaban J connectivity index is 1.75. The van der Waals surface area contributed by atoms with Gasteiger partial charge in [-0.3, -0.25) is 10.1 Å². The lowest BCUT2D eigenvalue weighted by molar-refractivity contribution is 0.578. The van der Waals surface area contributed by atoms with Crippen LogP contribution in [0.15, 0.2) is 36.8 Å². The second-order valence-electron chi connectivity index (χ2n) is 5.69. The maximum atomic E-state index is 6.24. The van der Waals surface area contributed by atoms with Crippen LogP contribution in [0.4, 0.5) is 11.6 Å². The van der Waals surface area contributed by atoms with Crippen LogP contribution in [0.2, 0.25) is 5.15 Å². The highest BCUT2D eigenvalue weighted by Gasteiger charge is 2.18. The molecule has 0 aliphatic carbocycles. The molecule has 0 spiro atoms. The van der Waals surface area contributed by atoms with Crippen molar-refractivity contribution in [1.29, 1.82) is 0 Å². The molecule has 0 unspecified atom stereocenters. The standard InChI is InChI=1S/C16H15ClN8/c1-9-6-12(23-22-9)20-13-8-19-14-15(17)24-25(16(14)21-13)10(2)11-4-3-5-18-7-11/h3-8,10H,1-2H3,(H2,20,21,22,23)/t10-/m0/s1. The van der Waals surface area contributed by atoms with Crippen molar-refractivity contribution >= 4 is 34.4 Å². The van der Waals surface area contributed by atoms with E-state index in [4.69, 9.17) is 11.6 Å². The molecule has 0 fully saturated rings. The van der Waals surface area contributed by atoms with Crippen molar-refractivity contribution in [1.82, 2.24) is 34.9 Å². The van der Waals surface area contributed by atoms with Gasteiger partial charge in [-0.2, -0.15) is 10.2 Å². The molecule has 0 aromatic carbocycles. The lowest BCUT2D eigenvalue weighted by Crippen LogP contribution is -2.10. The molecule has 4 aromatic heterocycles. The maximum absolute atomic E-state index is 6.24. The summed E-state index contributed by atoms with van der Waals surface area (Å²) >= 11 is 6.24. The molecule has 0 amide bonds. The van der Waals surface area contributed by atoms with Crippen molar-refractivity contribution in [2.45, 2.75) is 19.9 Å². The number of aryl methyl sites for hydroxylation is 1. The Morgan fingerprint density at radius 2 is 2.16 bits per heavy atom. The smallest absolute Gasteiger partial charge is 0.181 e. The Kier molecular flexibility index (Phi) is 3.81. The fraction of sp³-hybridized carbons (Fsp3) is 0.188. The number of hydrogen-bond donors (Lipinski definition) is 2. The summed E-state index contributed by atoms with van der Waals surface area (Å²) in [4.78, 5) is 13.2. The minimum atomic E-state index is -0.0825. The zero-order valence-corrected chi connectivity index (χ0v) is 14.4. The van der Waals surface area contributed by atoms with Crippen LogP contribution in [0.25, 0.3) is 11.2 Å². The van der Waals surface area contributed by atoms with E-state index < -0.39 is 0 Å². The number of rotatable bonds is 4. The van der Waals surface area contributed by atoms with Crippen LogP contribution in [0.1, 0.15) is 24.2 Å². The molecule has 4 rings (SSSR count). The Labute approximate surface area is 148 Å². The quantitative estimate of drug-likeness (QED) is 0.583. The first kappa shape index (κ1) is 15.5. The van der Waals surface area contributed by atoms with Crippen LogP contribution in [0.5, 0.6) is 0 Å². The highest BCUT2D eigenvalue weighted by molar-refractivity contribution is 6.33. The molecule has 0 bridgehead atoms. The van der Waals surface area contributed by atoms with Crippen LogP contribution < -0.4 is 5.32 Å². The van der Waals surface area contributed by atoms with Gasteiger partial charge in [-0.1, -0.05) is 17.7 Å². The number of pyridine rings is 1. The van der Waals surface area contributed by atoms with Gasteiger partial charge in [0.15, 0.2) is 22.4 Å². The summed E-state index contributed by atoms with van der Waals surface area (Å²) in [5, 5.41) is 14.9. The minimum absolute atomic E-state index is 0.0825. The number of aromatic amines is 1. The molecule has 0 saturated carbocycles. The molecule has 25 heavy (non-hydrogen) atoms. The van der Waals surface area contributed by atoms with Crippen LogP contribution in [-0.4, -0.2) is 34.9 Å². The number of halogens is 1. The average Bonchev–Trinajstić information content (AvgIpc) is 3.18. The van der Waals surface area contributed by atoms with E-state index in [1.54, 1.807) is 23.3 Å². The van der Waals surface area contributed by atoms with E-state index in [0.717, 1.165) is 11.3 Å². The Morgan fingerprint density at radius 1 is 1.28 bits per heavy atom. The summed E-state index contributed by atoms with van der Waals surface area (Å²) < 4.78 is 1.75. The van der Waals surface area contributed by atoms with Crippen molar-refractivity contribution in [2.75, 3.05) is 5.32 Å². The fourth-order valence-electron chi connectivity index (χ4n) is 2.58. The van der Waals surface area contributed by atoms with Gasteiger partial charge in [0.1, 0.15) is 5.52 Å². The minimum Gasteiger partial charge on any atom is -0.322 e. The van der Waals surface area contributed by atoms with Crippen LogP contribution in [0, 0.1) is 6.92 Å². The zero-order valence-electron chi connectivity index (χ0n) is 13.6. The van der Waals surface area contributed by atoms with E-state index in [1.807, 2.05) is 32.0 Å². The molecule has 0 saturated heterocycles. The molecular formula is C16H15ClN8. The van der Waals surface area contributed by atoms with Gasteiger partial charge < -0.3 is 5.32 Å². The van der Waals surface area contributed by atoms with Crippen LogP contribution in [0.3, 0.4) is 0 Å². The van der Waals surface area contributed by atoms with Crippen molar-refractivity contribution in [3.63, 3.8) is 0 Å².